The molecule has 0 aliphatic carbocycles. The van der Waals surface area contributed by atoms with E-state index in [4.69, 9.17) is 11.6 Å². The maximum absolute atomic E-state index is 12.4. The van der Waals surface area contributed by atoms with Crippen LogP contribution in [-0.4, -0.2) is 27.8 Å². The summed E-state index contributed by atoms with van der Waals surface area (Å²) in [5.74, 6) is -0.184. The highest BCUT2D eigenvalue weighted by Crippen LogP contribution is 2.26. The predicted molar refractivity (Wildman–Crippen MR) is 127 cm³/mol. The molecule has 0 unspecified atom stereocenters. The molecule has 162 valence electrons. The molecule has 0 aliphatic heterocycles. The van der Waals surface area contributed by atoms with Gasteiger partial charge in [-0.25, -0.2) is 0 Å². The molecule has 0 spiro atoms. The lowest BCUT2D eigenvalue weighted by Crippen LogP contribution is -2.24. The Morgan fingerprint density at radius 3 is 2.45 bits per heavy atom. The van der Waals surface area contributed by atoms with Crippen molar-refractivity contribution in [3.63, 3.8) is 0 Å². The molecule has 0 radical (unpaired) electrons. The maximum atomic E-state index is 12.4. The number of aromatic nitrogens is 2. The van der Waals surface area contributed by atoms with Crippen LogP contribution in [0.15, 0.2) is 52.9 Å². The molecular formula is C22H23ClN4O2S2. The Kier molecular flexibility index (Phi) is 7.69. The molecule has 2 amide bonds. The zero-order chi connectivity index (χ0) is 22.4. The van der Waals surface area contributed by atoms with E-state index in [9.17, 15) is 9.59 Å². The van der Waals surface area contributed by atoms with Crippen molar-refractivity contribution < 1.29 is 9.59 Å². The summed E-state index contributed by atoms with van der Waals surface area (Å²) in [6.45, 7) is 6.74. The van der Waals surface area contributed by atoms with E-state index in [0.717, 1.165) is 11.1 Å². The molecule has 31 heavy (non-hydrogen) atoms. The molecule has 2 N–H and O–H groups in total. The van der Waals surface area contributed by atoms with Gasteiger partial charge in [0.2, 0.25) is 11.0 Å². The summed E-state index contributed by atoms with van der Waals surface area (Å²) in [6.07, 6.45) is 0. The zero-order valence-corrected chi connectivity index (χ0v) is 19.8. The van der Waals surface area contributed by atoms with Gasteiger partial charge in [-0.1, -0.05) is 85.8 Å². The van der Waals surface area contributed by atoms with Crippen LogP contribution in [0, 0.1) is 0 Å². The van der Waals surface area contributed by atoms with Crippen molar-refractivity contribution in [2.75, 3.05) is 11.1 Å². The van der Waals surface area contributed by atoms with E-state index in [-0.39, 0.29) is 23.0 Å². The minimum Gasteiger partial charge on any atom is -0.351 e. The van der Waals surface area contributed by atoms with Crippen LogP contribution in [0.4, 0.5) is 5.13 Å². The third-order valence-corrected chi connectivity index (χ3v) is 6.74. The lowest BCUT2D eigenvalue weighted by Gasteiger charge is -2.18. The SMILES string of the molecule is CC(C)(C)c1ccc(C(=O)Nc2nnc(SCC(=O)NCc3ccccc3Cl)s2)cc1. The fourth-order valence-corrected chi connectivity index (χ4v) is 4.40. The van der Waals surface area contributed by atoms with Crippen LogP contribution in [-0.2, 0) is 16.8 Å². The summed E-state index contributed by atoms with van der Waals surface area (Å²) in [6, 6.07) is 14.9. The second-order valence-electron chi connectivity index (χ2n) is 7.81. The van der Waals surface area contributed by atoms with Crippen LogP contribution in [0.2, 0.25) is 5.02 Å². The van der Waals surface area contributed by atoms with Crippen LogP contribution in [0.1, 0.15) is 42.3 Å². The monoisotopic (exact) mass is 474 g/mol. The van der Waals surface area contributed by atoms with Crippen LogP contribution >= 0.6 is 34.7 Å². The lowest BCUT2D eigenvalue weighted by molar-refractivity contribution is -0.118. The van der Waals surface area contributed by atoms with Gasteiger partial charge in [0, 0.05) is 17.1 Å². The van der Waals surface area contributed by atoms with Crippen LogP contribution < -0.4 is 10.6 Å². The molecule has 0 fully saturated rings. The normalized spacial score (nSPS) is 11.2. The molecule has 1 aromatic heterocycles. The first-order chi connectivity index (χ1) is 14.7. The molecule has 0 saturated heterocycles. The molecule has 9 heteroatoms. The highest BCUT2D eigenvalue weighted by molar-refractivity contribution is 8.01. The Morgan fingerprint density at radius 2 is 1.77 bits per heavy atom. The van der Waals surface area contributed by atoms with Crippen molar-refractivity contribution in [2.24, 2.45) is 0 Å². The van der Waals surface area contributed by atoms with Gasteiger partial charge >= 0.3 is 0 Å². The van der Waals surface area contributed by atoms with Crippen molar-refractivity contribution in [2.45, 2.75) is 37.1 Å². The van der Waals surface area contributed by atoms with Crippen molar-refractivity contribution >= 4 is 51.6 Å². The lowest BCUT2D eigenvalue weighted by atomic mass is 9.87. The predicted octanol–water partition coefficient (Wildman–Crippen LogP) is 5.15. The van der Waals surface area contributed by atoms with E-state index in [0.29, 0.717) is 26.6 Å². The Labute approximate surface area is 194 Å². The average molecular weight is 475 g/mol. The zero-order valence-electron chi connectivity index (χ0n) is 17.4. The van der Waals surface area contributed by atoms with Gasteiger partial charge in [0.15, 0.2) is 4.34 Å². The molecule has 0 atom stereocenters. The van der Waals surface area contributed by atoms with Gasteiger partial charge < -0.3 is 5.32 Å². The standard InChI is InChI=1S/C22H23ClN4O2S2/c1-22(2,3)16-10-8-14(9-11-16)19(29)25-20-26-27-21(31-20)30-13-18(28)24-12-15-6-4-5-7-17(15)23/h4-11H,12-13H2,1-3H3,(H,24,28)(H,25,26,29). The van der Waals surface area contributed by atoms with E-state index >= 15 is 0 Å². The first-order valence-electron chi connectivity index (χ1n) is 9.60. The molecule has 1 heterocycles. The summed E-state index contributed by atoms with van der Waals surface area (Å²) < 4.78 is 0.603. The molecule has 2 aromatic carbocycles. The number of benzene rings is 2. The van der Waals surface area contributed by atoms with Crippen LogP contribution in [0.5, 0.6) is 0 Å². The number of hydrogen-bond donors (Lipinski definition) is 2. The minimum atomic E-state index is -0.245. The number of thioether (sulfide) groups is 1. The van der Waals surface area contributed by atoms with E-state index in [1.807, 2.05) is 30.3 Å². The fraction of sp³-hybridized carbons (Fsp3) is 0.273. The smallest absolute Gasteiger partial charge is 0.257 e. The van der Waals surface area contributed by atoms with Crippen molar-refractivity contribution in [1.82, 2.24) is 15.5 Å². The van der Waals surface area contributed by atoms with E-state index in [1.165, 1.54) is 23.1 Å². The molecular weight excluding hydrogens is 452 g/mol. The van der Waals surface area contributed by atoms with Gasteiger partial charge in [0.1, 0.15) is 0 Å². The Morgan fingerprint density at radius 1 is 1.06 bits per heavy atom. The molecule has 3 rings (SSSR count). The number of nitrogens with one attached hydrogen (secondary N) is 2. The first-order valence-corrected chi connectivity index (χ1v) is 11.8. The van der Waals surface area contributed by atoms with Gasteiger partial charge in [-0.3, -0.25) is 14.9 Å². The quantitative estimate of drug-likeness (QED) is 0.365. The van der Waals surface area contributed by atoms with E-state index in [2.05, 4.69) is 41.6 Å². The number of amides is 2. The molecule has 3 aromatic rings. The van der Waals surface area contributed by atoms with Crippen molar-refractivity contribution in [3.05, 3.63) is 70.2 Å². The molecule has 0 bridgehead atoms. The number of carbonyl (C=O) groups is 2. The molecule has 6 nitrogen and oxygen atoms in total. The highest BCUT2D eigenvalue weighted by atomic mass is 35.5. The van der Waals surface area contributed by atoms with Gasteiger partial charge in [-0.2, -0.15) is 0 Å². The first kappa shape index (κ1) is 23.2. The number of nitrogens with zero attached hydrogens (tertiary/aromatic N) is 2. The summed E-state index contributed by atoms with van der Waals surface area (Å²) in [5.41, 5.74) is 2.60. The Balaban J connectivity index is 1.48. The van der Waals surface area contributed by atoms with Crippen molar-refractivity contribution in [1.29, 1.82) is 0 Å². The summed E-state index contributed by atoms with van der Waals surface area (Å²) >= 11 is 8.58. The Hall–Kier alpha value is -2.42. The number of hydrogen-bond acceptors (Lipinski definition) is 6. The summed E-state index contributed by atoms with van der Waals surface area (Å²) in [4.78, 5) is 24.5. The Bertz CT molecular complexity index is 1060. The summed E-state index contributed by atoms with van der Waals surface area (Å²) in [7, 11) is 0. The molecule has 0 saturated carbocycles. The van der Waals surface area contributed by atoms with Crippen LogP contribution in [0.3, 0.4) is 0 Å². The van der Waals surface area contributed by atoms with E-state index < -0.39 is 0 Å². The third kappa shape index (κ3) is 6.78. The van der Waals surface area contributed by atoms with Crippen LogP contribution in [0.25, 0.3) is 0 Å². The minimum absolute atomic E-state index is 0.0278. The third-order valence-electron chi connectivity index (χ3n) is 4.40. The van der Waals surface area contributed by atoms with E-state index in [1.54, 1.807) is 18.2 Å². The second kappa shape index (κ2) is 10.3. The highest BCUT2D eigenvalue weighted by Gasteiger charge is 2.15. The fourth-order valence-electron chi connectivity index (χ4n) is 2.62. The van der Waals surface area contributed by atoms with Gasteiger partial charge in [-0.15, -0.1) is 10.2 Å². The van der Waals surface area contributed by atoms with Gasteiger partial charge in [0.05, 0.1) is 5.75 Å². The van der Waals surface area contributed by atoms with Crippen molar-refractivity contribution in [3.8, 4) is 0 Å². The average Bonchev–Trinajstić information content (AvgIpc) is 3.18. The number of rotatable bonds is 7. The maximum Gasteiger partial charge on any atom is 0.257 e. The number of halogens is 1. The van der Waals surface area contributed by atoms with Gasteiger partial charge in [-0.05, 0) is 34.7 Å². The van der Waals surface area contributed by atoms with Gasteiger partial charge in [0.25, 0.3) is 5.91 Å². The topological polar surface area (TPSA) is 84.0 Å². The molecule has 0 aliphatic rings. The largest absolute Gasteiger partial charge is 0.351 e. The second-order valence-corrected chi connectivity index (χ2v) is 10.4. The summed E-state index contributed by atoms with van der Waals surface area (Å²) in [5, 5.41) is 14.6. The number of carbonyl (C=O) groups excluding carboxylic acids is 2. The number of anilines is 1.